The van der Waals surface area contributed by atoms with Crippen LogP contribution in [0.4, 0.5) is 11.4 Å². The molecule has 0 fully saturated rings. The Labute approximate surface area is 173 Å². The van der Waals surface area contributed by atoms with E-state index in [0.29, 0.717) is 32.6 Å². The summed E-state index contributed by atoms with van der Waals surface area (Å²) >= 11 is 10.8. The second kappa shape index (κ2) is 8.56. The lowest BCUT2D eigenvalue weighted by atomic mass is 10.2. The van der Waals surface area contributed by atoms with E-state index in [0.717, 1.165) is 4.47 Å². The Kier molecular flexibility index (Phi) is 6.15. The van der Waals surface area contributed by atoms with Crippen LogP contribution in [0.1, 0.15) is 20.0 Å². The van der Waals surface area contributed by atoms with Gasteiger partial charge in [0.2, 0.25) is 0 Å². The fraction of sp³-hybridized carbons (Fsp3) is 0.0526. The number of halogens is 2. The van der Waals surface area contributed by atoms with Crippen LogP contribution >= 0.6 is 38.9 Å². The van der Waals surface area contributed by atoms with Gasteiger partial charge in [-0.1, -0.05) is 33.6 Å². The standard InChI is InChI=1S/C19H14BrClN2O3S/c1-26-16-10-12(22-18(24)13-9-11(20)4-6-14(13)21)5-7-15(16)23-19(25)17-3-2-8-27-17/h2-10H,1H3,(H,22,24)(H,23,25). The maximum absolute atomic E-state index is 12.5. The minimum Gasteiger partial charge on any atom is -0.494 e. The molecule has 0 saturated carbocycles. The van der Waals surface area contributed by atoms with Gasteiger partial charge in [0.1, 0.15) is 5.75 Å². The van der Waals surface area contributed by atoms with Crippen molar-refractivity contribution in [2.45, 2.75) is 0 Å². The first-order chi connectivity index (χ1) is 13.0. The highest BCUT2D eigenvalue weighted by Gasteiger charge is 2.14. The van der Waals surface area contributed by atoms with Crippen LogP contribution in [-0.4, -0.2) is 18.9 Å². The van der Waals surface area contributed by atoms with Crippen LogP contribution in [0.25, 0.3) is 0 Å². The zero-order chi connectivity index (χ0) is 19.4. The maximum Gasteiger partial charge on any atom is 0.265 e. The number of carbonyl (C=O) groups is 2. The van der Waals surface area contributed by atoms with Crippen molar-refractivity contribution in [2.24, 2.45) is 0 Å². The van der Waals surface area contributed by atoms with E-state index in [1.165, 1.54) is 18.4 Å². The molecule has 3 rings (SSSR count). The summed E-state index contributed by atoms with van der Waals surface area (Å²) in [7, 11) is 1.49. The molecule has 0 radical (unpaired) electrons. The van der Waals surface area contributed by atoms with Crippen molar-refractivity contribution < 1.29 is 14.3 Å². The van der Waals surface area contributed by atoms with Gasteiger partial charge in [-0.15, -0.1) is 11.3 Å². The van der Waals surface area contributed by atoms with Gasteiger partial charge in [-0.25, -0.2) is 0 Å². The van der Waals surface area contributed by atoms with Gasteiger partial charge in [0, 0.05) is 16.2 Å². The molecule has 0 aliphatic heterocycles. The Morgan fingerprint density at radius 3 is 2.59 bits per heavy atom. The van der Waals surface area contributed by atoms with E-state index in [4.69, 9.17) is 16.3 Å². The molecule has 1 aromatic heterocycles. The monoisotopic (exact) mass is 464 g/mol. The summed E-state index contributed by atoms with van der Waals surface area (Å²) in [6, 6.07) is 13.6. The number of ether oxygens (including phenoxy) is 1. The van der Waals surface area contributed by atoms with E-state index in [1.54, 1.807) is 42.5 Å². The van der Waals surface area contributed by atoms with Crippen LogP contribution < -0.4 is 15.4 Å². The van der Waals surface area contributed by atoms with Crippen molar-refractivity contribution in [3.8, 4) is 5.75 Å². The quantitative estimate of drug-likeness (QED) is 0.509. The number of anilines is 2. The summed E-state index contributed by atoms with van der Waals surface area (Å²) < 4.78 is 6.09. The average Bonchev–Trinajstić information content (AvgIpc) is 3.19. The fourth-order valence-electron chi connectivity index (χ4n) is 2.33. The molecule has 3 aromatic rings. The van der Waals surface area contributed by atoms with Gasteiger partial charge < -0.3 is 15.4 Å². The van der Waals surface area contributed by atoms with Crippen LogP contribution in [0.2, 0.25) is 5.02 Å². The molecule has 27 heavy (non-hydrogen) atoms. The lowest BCUT2D eigenvalue weighted by Gasteiger charge is -2.13. The first-order valence-corrected chi connectivity index (χ1v) is 9.82. The third-order valence-corrected chi connectivity index (χ3v) is 5.32. The molecular formula is C19H14BrClN2O3S. The van der Waals surface area contributed by atoms with Gasteiger partial charge in [-0.2, -0.15) is 0 Å². The van der Waals surface area contributed by atoms with Gasteiger partial charge >= 0.3 is 0 Å². The summed E-state index contributed by atoms with van der Waals surface area (Å²) in [6.07, 6.45) is 0. The zero-order valence-corrected chi connectivity index (χ0v) is 17.2. The molecule has 1 heterocycles. The zero-order valence-electron chi connectivity index (χ0n) is 14.1. The van der Waals surface area contributed by atoms with Crippen molar-refractivity contribution in [3.63, 3.8) is 0 Å². The summed E-state index contributed by atoms with van der Waals surface area (Å²) in [4.78, 5) is 25.3. The fourth-order valence-corrected chi connectivity index (χ4v) is 3.52. The largest absolute Gasteiger partial charge is 0.494 e. The summed E-state index contributed by atoms with van der Waals surface area (Å²) in [6.45, 7) is 0. The topological polar surface area (TPSA) is 67.4 Å². The Morgan fingerprint density at radius 2 is 1.89 bits per heavy atom. The van der Waals surface area contributed by atoms with Crippen molar-refractivity contribution in [1.82, 2.24) is 0 Å². The predicted octanol–water partition coefficient (Wildman–Crippen LogP) is 5.68. The van der Waals surface area contributed by atoms with E-state index in [1.807, 2.05) is 11.4 Å². The smallest absolute Gasteiger partial charge is 0.265 e. The highest BCUT2D eigenvalue weighted by atomic mass is 79.9. The van der Waals surface area contributed by atoms with E-state index in [-0.39, 0.29) is 11.8 Å². The number of thiophene rings is 1. The average molecular weight is 466 g/mol. The number of hydrogen-bond acceptors (Lipinski definition) is 4. The number of amides is 2. The van der Waals surface area contributed by atoms with E-state index in [9.17, 15) is 9.59 Å². The van der Waals surface area contributed by atoms with Gasteiger partial charge in [0.15, 0.2) is 0 Å². The van der Waals surface area contributed by atoms with Crippen molar-refractivity contribution in [1.29, 1.82) is 0 Å². The summed E-state index contributed by atoms with van der Waals surface area (Å²) in [5, 5.41) is 7.75. The molecule has 0 spiro atoms. The molecule has 8 heteroatoms. The first-order valence-electron chi connectivity index (χ1n) is 7.77. The summed E-state index contributed by atoms with van der Waals surface area (Å²) in [5.41, 5.74) is 1.37. The molecular weight excluding hydrogens is 452 g/mol. The number of benzene rings is 2. The van der Waals surface area contributed by atoms with Crippen LogP contribution in [0.15, 0.2) is 58.4 Å². The van der Waals surface area contributed by atoms with E-state index >= 15 is 0 Å². The van der Waals surface area contributed by atoms with Crippen molar-refractivity contribution in [3.05, 3.63) is 73.8 Å². The van der Waals surface area contributed by atoms with Crippen LogP contribution in [0.3, 0.4) is 0 Å². The molecule has 5 nitrogen and oxygen atoms in total. The van der Waals surface area contributed by atoms with Crippen molar-refractivity contribution >= 4 is 62.1 Å². The van der Waals surface area contributed by atoms with Gasteiger partial charge in [0.25, 0.3) is 11.8 Å². The normalized spacial score (nSPS) is 10.3. The number of hydrogen-bond donors (Lipinski definition) is 2. The van der Waals surface area contributed by atoms with Crippen LogP contribution in [-0.2, 0) is 0 Å². The molecule has 0 bridgehead atoms. The Balaban J connectivity index is 1.78. The molecule has 0 atom stereocenters. The highest BCUT2D eigenvalue weighted by Crippen LogP contribution is 2.30. The molecule has 2 amide bonds. The molecule has 0 aliphatic rings. The molecule has 0 unspecified atom stereocenters. The van der Waals surface area contributed by atoms with E-state index in [2.05, 4.69) is 26.6 Å². The van der Waals surface area contributed by atoms with Crippen LogP contribution in [0, 0.1) is 0 Å². The Morgan fingerprint density at radius 1 is 1.07 bits per heavy atom. The van der Waals surface area contributed by atoms with Gasteiger partial charge in [-0.3, -0.25) is 9.59 Å². The lowest BCUT2D eigenvalue weighted by Crippen LogP contribution is -2.14. The number of methoxy groups -OCH3 is 1. The van der Waals surface area contributed by atoms with Crippen molar-refractivity contribution in [2.75, 3.05) is 17.7 Å². The minimum atomic E-state index is -0.348. The number of nitrogens with one attached hydrogen (secondary N) is 2. The SMILES string of the molecule is COc1cc(NC(=O)c2cc(Br)ccc2Cl)ccc1NC(=O)c1cccs1. The molecule has 0 saturated heterocycles. The summed E-state index contributed by atoms with van der Waals surface area (Å²) in [5.74, 6) is -0.141. The van der Waals surface area contributed by atoms with Gasteiger partial charge in [-0.05, 0) is 41.8 Å². The van der Waals surface area contributed by atoms with E-state index < -0.39 is 0 Å². The predicted molar refractivity (Wildman–Crippen MR) is 112 cm³/mol. The molecule has 2 N–H and O–H groups in total. The molecule has 138 valence electrons. The minimum absolute atomic E-state index is 0.221. The maximum atomic E-state index is 12.5. The second-order valence-corrected chi connectivity index (χ2v) is 7.70. The first kappa shape index (κ1) is 19.4. The lowest BCUT2D eigenvalue weighted by molar-refractivity contribution is 0.102. The Bertz CT molecular complexity index is 993. The number of rotatable bonds is 5. The molecule has 2 aromatic carbocycles. The third kappa shape index (κ3) is 4.68. The second-order valence-electron chi connectivity index (χ2n) is 5.42. The molecule has 0 aliphatic carbocycles. The number of carbonyl (C=O) groups excluding carboxylic acids is 2. The third-order valence-electron chi connectivity index (χ3n) is 3.63. The van der Waals surface area contributed by atoms with Gasteiger partial charge in [0.05, 0.1) is 28.3 Å². The van der Waals surface area contributed by atoms with Crippen LogP contribution in [0.5, 0.6) is 5.75 Å². The highest BCUT2D eigenvalue weighted by molar-refractivity contribution is 9.10. The Hall–Kier alpha value is -2.35.